The largest absolute Gasteiger partial charge is 0.508 e. The molecule has 47 heavy (non-hydrogen) atoms. The summed E-state index contributed by atoms with van der Waals surface area (Å²) in [5.74, 6) is -0.337. The molecule has 258 valence electrons. The van der Waals surface area contributed by atoms with Gasteiger partial charge in [0.15, 0.2) is 0 Å². The Morgan fingerprint density at radius 1 is 0.532 bits per heavy atom. The van der Waals surface area contributed by atoms with Crippen LogP contribution in [0.25, 0.3) is 0 Å². The summed E-state index contributed by atoms with van der Waals surface area (Å²) in [5.41, 5.74) is 2.43. The van der Waals surface area contributed by atoms with E-state index in [9.17, 15) is 26.3 Å². The number of aromatic hydroxyl groups is 2. The third-order valence-corrected chi connectivity index (χ3v) is 8.42. The van der Waals surface area contributed by atoms with E-state index in [4.69, 9.17) is 10.2 Å². The predicted molar refractivity (Wildman–Crippen MR) is 178 cm³/mol. The van der Waals surface area contributed by atoms with E-state index in [1.54, 1.807) is 27.4 Å². The number of rotatable bonds is 0. The van der Waals surface area contributed by atoms with E-state index in [0.29, 0.717) is 16.2 Å². The average molecular weight is 742 g/mol. The molecule has 0 radical (unpaired) electrons. The minimum Gasteiger partial charge on any atom is -0.508 e. The molecular formula is C38H48F6O2Zr. The zero-order valence-corrected chi connectivity index (χ0v) is 31.4. The summed E-state index contributed by atoms with van der Waals surface area (Å²) in [7, 11) is 0. The first-order valence-corrected chi connectivity index (χ1v) is 16.1. The molecule has 4 aromatic rings. The van der Waals surface area contributed by atoms with Gasteiger partial charge in [-0.1, -0.05) is 41.5 Å². The number of halogens is 6. The SMILES string of the molecule is CC(C)(C)c1ccc[cH-]1.CC(C)(C)c1ccc[cH-]1.C[C](=[Zr+2])C(C)(C)C.Oc1ccc(C(F)(F)F)cc1.Oc1ccc(C(F)(F)F)cc1. The molecule has 4 aromatic carbocycles. The molecule has 0 aliphatic heterocycles. The van der Waals surface area contributed by atoms with Crippen LogP contribution in [-0.4, -0.2) is 13.4 Å². The molecule has 0 aliphatic carbocycles. The summed E-state index contributed by atoms with van der Waals surface area (Å²) in [4.78, 5) is 0. The van der Waals surface area contributed by atoms with Crippen LogP contribution in [0.15, 0.2) is 97.1 Å². The van der Waals surface area contributed by atoms with Crippen molar-refractivity contribution >= 4 is 3.21 Å². The first kappa shape index (κ1) is 44.1. The van der Waals surface area contributed by atoms with Gasteiger partial charge in [0.2, 0.25) is 0 Å². The standard InChI is InChI=1S/2C9H13.2C7H5F3O.C6H12.Zr/c2*1-9(2,3)8-6-4-5-7-8;2*8-7(9,10)5-1-3-6(11)4-2-5;1-5-6(2,3)4;/h2*4-7H,1-3H3;2*1-4,11H;1-4H3;/q2*-1;;;;+2. The summed E-state index contributed by atoms with van der Waals surface area (Å²) in [6.07, 6.45) is -8.65. The first-order valence-electron chi connectivity index (χ1n) is 14.9. The van der Waals surface area contributed by atoms with Gasteiger partial charge in [-0.3, -0.25) is 0 Å². The van der Waals surface area contributed by atoms with Gasteiger partial charge in [-0.15, -0.1) is 0 Å². The van der Waals surface area contributed by atoms with E-state index < -0.39 is 23.5 Å². The molecule has 0 saturated heterocycles. The quantitative estimate of drug-likeness (QED) is 0.139. The van der Waals surface area contributed by atoms with Crippen LogP contribution in [0.2, 0.25) is 0 Å². The normalized spacial score (nSPS) is 11.7. The summed E-state index contributed by atoms with van der Waals surface area (Å²) < 4.78 is 72.6. The van der Waals surface area contributed by atoms with Crippen molar-refractivity contribution < 1.29 is 60.8 Å². The van der Waals surface area contributed by atoms with E-state index in [1.807, 2.05) is 0 Å². The van der Waals surface area contributed by atoms with Crippen molar-refractivity contribution in [1.29, 1.82) is 0 Å². The van der Waals surface area contributed by atoms with Crippen molar-refractivity contribution in [3.8, 4) is 11.5 Å². The maximum absolute atomic E-state index is 11.8. The van der Waals surface area contributed by atoms with Gasteiger partial charge in [-0.25, -0.2) is 24.3 Å². The number of benzene rings is 2. The summed E-state index contributed by atoms with van der Waals surface area (Å²) in [6.45, 7) is 22.3. The van der Waals surface area contributed by atoms with Crippen molar-refractivity contribution in [3.05, 3.63) is 119 Å². The molecule has 2 N–H and O–H groups in total. The smallest absolute Gasteiger partial charge is 0.416 e. The zero-order chi connectivity index (χ0) is 36.9. The number of alkyl halides is 6. The maximum Gasteiger partial charge on any atom is 0.416 e. The van der Waals surface area contributed by atoms with Crippen LogP contribution in [0.5, 0.6) is 11.5 Å². The molecule has 0 amide bonds. The molecule has 4 rings (SSSR count). The van der Waals surface area contributed by atoms with Crippen LogP contribution in [0.3, 0.4) is 0 Å². The Balaban J connectivity index is 0.000000568. The third kappa shape index (κ3) is 19.5. The van der Waals surface area contributed by atoms with Gasteiger partial charge in [-0.2, -0.15) is 61.7 Å². The van der Waals surface area contributed by atoms with Crippen LogP contribution >= 0.6 is 0 Å². The Hall–Kier alpha value is -2.93. The molecule has 0 unspecified atom stereocenters. The van der Waals surface area contributed by atoms with Crippen molar-refractivity contribution in [2.45, 2.75) is 92.4 Å². The fourth-order valence-corrected chi connectivity index (χ4v) is 3.05. The van der Waals surface area contributed by atoms with Gasteiger partial charge in [0.1, 0.15) is 11.5 Å². The molecule has 0 bridgehead atoms. The fourth-order valence-electron chi connectivity index (χ4n) is 3.05. The zero-order valence-electron chi connectivity index (χ0n) is 28.9. The molecule has 0 fully saturated rings. The second-order valence-electron chi connectivity index (χ2n) is 13.8. The molecule has 2 nitrogen and oxygen atoms in total. The Bertz CT molecular complexity index is 1300. The van der Waals surface area contributed by atoms with E-state index in [-0.39, 0.29) is 11.5 Å². The minimum absolute atomic E-state index is 0.169. The average Bonchev–Trinajstić information content (AvgIpc) is 3.64. The Morgan fingerprint density at radius 2 is 0.787 bits per heavy atom. The van der Waals surface area contributed by atoms with Gasteiger partial charge < -0.3 is 10.2 Å². The van der Waals surface area contributed by atoms with Crippen LogP contribution in [0.1, 0.15) is 91.5 Å². The summed E-state index contributed by atoms with van der Waals surface area (Å²) in [6, 6.07) is 24.3. The molecular weight excluding hydrogens is 694 g/mol. The Kier molecular flexibility index (Phi) is 17.4. The molecule has 0 atom stereocenters. The number of hydrogen-bond acceptors (Lipinski definition) is 2. The van der Waals surface area contributed by atoms with Crippen LogP contribution in [0.4, 0.5) is 26.3 Å². The van der Waals surface area contributed by atoms with Gasteiger partial charge in [0.25, 0.3) is 0 Å². The molecule has 0 spiro atoms. The number of hydrogen-bond donors (Lipinski definition) is 2. The van der Waals surface area contributed by atoms with E-state index in [2.05, 4.69) is 118 Å². The fraction of sp³-hybridized carbons (Fsp3) is 0.395. The Morgan fingerprint density at radius 3 is 0.915 bits per heavy atom. The van der Waals surface area contributed by atoms with Crippen LogP contribution < -0.4 is 0 Å². The van der Waals surface area contributed by atoms with Crippen molar-refractivity contribution in [1.82, 2.24) is 0 Å². The summed E-state index contributed by atoms with van der Waals surface area (Å²) in [5, 5.41) is 17.3. The number of phenols is 2. The van der Waals surface area contributed by atoms with Crippen molar-refractivity contribution in [2.75, 3.05) is 0 Å². The van der Waals surface area contributed by atoms with Crippen molar-refractivity contribution in [3.63, 3.8) is 0 Å². The monoisotopic (exact) mass is 740 g/mol. The van der Waals surface area contributed by atoms with Gasteiger partial charge in [0.05, 0.1) is 11.1 Å². The van der Waals surface area contributed by atoms with E-state index in [1.165, 1.54) is 11.1 Å². The Labute approximate surface area is 291 Å². The minimum atomic E-state index is -4.33. The van der Waals surface area contributed by atoms with Crippen molar-refractivity contribution in [2.24, 2.45) is 5.41 Å². The maximum atomic E-state index is 11.8. The summed E-state index contributed by atoms with van der Waals surface area (Å²) >= 11 is 1.57. The molecule has 9 heteroatoms. The predicted octanol–water partition coefficient (Wildman–Crippen LogP) is 12.0. The second kappa shape index (κ2) is 18.6. The first-order chi connectivity index (χ1) is 21.2. The van der Waals surface area contributed by atoms with Crippen LogP contribution in [-0.2, 0) is 47.4 Å². The molecule has 0 aliphatic rings. The van der Waals surface area contributed by atoms with Gasteiger partial charge in [0, 0.05) is 0 Å². The second-order valence-corrected chi connectivity index (χ2v) is 15.7. The van der Waals surface area contributed by atoms with Gasteiger partial charge >= 0.3 is 72.9 Å². The molecule has 0 heterocycles. The van der Waals surface area contributed by atoms with Gasteiger partial charge in [-0.05, 0) is 59.4 Å². The molecule has 0 saturated carbocycles. The molecule has 0 aromatic heterocycles. The van der Waals surface area contributed by atoms with E-state index in [0.717, 1.165) is 48.5 Å². The third-order valence-electron chi connectivity index (χ3n) is 6.57. The topological polar surface area (TPSA) is 40.5 Å². The van der Waals surface area contributed by atoms with Crippen LogP contribution in [0, 0.1) is 5.41 Å². The van der Waals surface area contributed by atoms with E-state index >= 15 is 0 Å². The number of phenolic OH excluding ortho intramolecular Hbond substituents is 2.